The van der Waals surface area contributed by atoms with E-state index in [1.165, 1.54) is 19.1 Å². The van der Waals surface area contributed by atoms with Gasteiger partial charge in [-0.15, -0.1) is 0 Å². The maximum atomic E-state index is 13.3. The van der Waals surface area contributed by atoms with Crippen LogP contribution in [0, 0.1) is 5.82 Å². The molecule has 0 saturated carbocycles. The SMILES string of the molecule is CCc1ccc([C@@H](Oc2ccc3[nH]nc(-c4ccc(F)cc4)c3c2)[C@H](C)NC(=O)C(F)(F)F)cc1. The maximum absolute atomic E-state index is 13.3. The van der Waals surface area contributed by atoms with E-state index < -0.39 is 24.2 Å². The lowest BCUT2D eigenvalue weighted by Gasteiger charge is -2.27. The fourth-order valence-electron chi connectivity index (χ4n) is 3.81. The number of aryl methyl sites for hydroxylation is 1. The molecule has 1 amide bonds. The number of H-pyrrole nitrogens is 1. The smallest absolute Gasteiger partial charge is 0.471 e. The summed E-state index contributed by atoms with van der Waals surface area (Å²) in [6, 6.07) is 17.3. The third kappa shape index (κ3) is 5.45. The summed E-state index contributed by atoms with van der Waals surface area (Å²) >= 11 is 0. The van der Waals surface area contributed by atoms with Crippen molar-refractivity contribution in [1.29, 1.82) is 0 Å². The molecule has 0 unspecified atom stereocenters. The lowest BCUT2D eigenvalue weighted by molar-refractivity contribution is -0.174. The number of nitrogens with zero attached hydrogens (tertiary/aromatic N) is 1. The Balaban J connectivity index is 1.68. The van der Waals surface area contributed by atoms with E-state index in [1.54, 1.807) is 42.5 Å². The summed E-state index contributed by atoms with van der Waals surface area (Å²) < 4.78 is 58.2. The fourth-order valence-corrected chi connectivity index (χ4v) is 3.81. The molecule has 1 aromatic heterocycles. The van der Waals surface area contributed by atoms with Gasteiger partial charge in [0.15, 0.2) is 0 Å². The number of fused-ring (bicyclic) bond motifs is 1. The number of aromatic amines is 1. The van der Waals surface area contributed by atoms with Crippen LogP contribution in [0.4, 0.5) is 17.6 Å². The number of carbonyl (C=O) groups is 1. The lowest BCUT2D eigenvalue weighted by atomic mass is 10.0. The Morgan fingerprint density at radius 2 is 1.74 bits per heavy atom. The molecule has 0 fully saturated rings. The summed E-state index contributed by atoms with van der Waals surface area (Å²) in [4.78, 5) is 11.6. The molecule has 0 spiro atoms. The molecule has 2 atom stereocenters. The molecule has 9 heteroatoms. The van der Waals surface area contributed by atoms with Gasteiger partial charge >= 0.3 is 12.1 Å². The first kappa shape index (κ1) is 24.3. The summed E-state index contributed by atoms with van der Waals surface area (Å²) in [6.45, 7) is 3.45. The topological polar surface area (TPSA) is 67.0 Å². The highest BCUT2D eigenvalue weighted by Gasteiger charge is 2.40. The Kier molecular flexibility index (Phi) is 6.77. The lowest BCUT2D eigenvalue weighted by Crippen LogP contribution is -2.45. The standard InChI is InChI=1S/C26H23F4N3O2/c1-3-16-4-6-18(7-5-16)24(15(2)31-25(34)26(28,29)30)35-20-12-13-22-21(14-20)23(33-32-22)17-8-10-19(27)11-9-17/h4-15,24H,3H2,1-2H3,(H,31,34)(H,32,33)/t15-,24-/m0/s1. The summed E-state index contributed by atoms with van der Waals surface area (Å²) in [5.41, 5.74) is 3.64. The minimum Gasteiger partial charge on any atom is -0.484 e. The predicted molar refractivity (Wildman–Crippen MR) is 124 cm³/mol. The van der Waals surface area contributed by atoms with E-state index in [4.69, 9.17) is 4.74 Å². The van der Waals surface area contributed by atoms with Gasteiger partial charge in [-0.25, -0.2) is 4.39 Å². The molecular formula is C26H23F4N3O2. The van der Waals surface area contributed by atoms with Crippen LogP contribution in [0.3, 0.4) is 0 Å². The molecule has 4 rings (SSSR count). The van der Waals surface area contributed by atoms with Crippen molar-refractivity contribution in [2.45, 2.75) is 38.6 Å². The zero-order chi connectivity index (χ0) is 25.2. The van der Waals surface area contributed by atoms with Gasteiger partial charge in [-0.05, 0) is 66.9 Å². The van der Waals surface area contributed by atoms with E-state index in [-0.39, 0.29) is 5.82 Å². The number of amides is 1. The zero-order valence-corrected chi connectivity index (χ0v) is 19.0. The quantitative estimate of drug-likeness (QED) is 0.310. The van der Waals surface area contributed by atoms with Crippen LogP contribution in [-0.2, 0) is 11.2 Å². The molecule has 0 saturated heterocycles. The summed E-state index contributed by atoms with van der Waals surface area (Å²) in [6.07, 6.45) is -5.11. The van der Waals surface area contributed by atoms with E-state index in [1.807, 2.05) is 24.4 Å². The normalized spacial score (nSPS) is 13.4. The van der Waals surface area contributed by atoms with Crippen molar-refractivity contribution < 1.29 is 27.1 Å². The number of rotatable bonds is 7. The molecule has 0 bridgehead atoms. The molecule has 0 radical (unpaired) electrons. The first-order valence-electron chi connectivity index (χ1n) is 11.0. The van der Waals surface area contributed by atoms with Crippen LogP contribution >= 0.6 is 0 Å². The van der Waals surface area contributed by atoms with E-state index in [2.05, 4.69) is 10.2 Å². The Hall–Kier alpha value is -3.88. The van der Waals surface area contributed by atoms with E-state index in [0.717, 1.165) is 12.0 Å². The van der Waals surface area contributed by atoms with Gasteiger partial charge in [-0.1, -0.05) is 31.2 Å². The van der Waals surface area contributed by atoms with Gasteiger partial charge in [0.2, 0.25) is 0 Å². The Morgan fingerprint density at radius 3 is 2.37 bits per heavy atom. The van der Waals surface area contributed by atoms with Gasteiger partial charge in [0.1, 0.15) is 23.4 Å². The van der Waals surface area contributed by atoms with Gasteiger partial charge in [0, 0.05) is 10.9 Å². The molecule has 5 nitrogen and oxygen atoms in total. The molecule has 3 aromatic carbocycles. The average Bonchev–Trinajstić information content (AvgIpc) is 3.25. The highest BCUT2D eigenvalue weighted by molar-refractivity contribution is 5.93. The largest absolute Gasteiger partial charge is 0.484 e. The van der Waals surface area contributed by atoms with Gasteiger partial charge in [0.05, 0.1) is 11.6 Å². The molecular weight excluding hydrogens is 462 g/mol. The first-order valence-corrected chi connectivity index (χ1v) is 11.0. The zero-order valence-electron chi connectivity index (χ0n) is 19.0. The van der Waals surface area contributed by atoms with Crippen LogP contribution in [0.2, 0.25) is 0 Å². The Labute approximate surface area is 199 Å². The average molecular weight is 485 g/mol. The van der Waals surface area contributed by atoms with Crippen molar-refractivity contribution in [3.63, 3.8) is 0 Å². The van der Waals surface area contributed by atoms with Crippen molar-refractivity contribution >= 4 is 16.8 Å². The molecule has 0 aliphatic carbocycles. The predicted octanol–water partition coefficient (Wildman–Crippen LogP) is 6.12. The molecule has 2 N–H and O–H groups in total. The molecule has 1 heterocycles. The van der Waals surface area contributed by atoms with Gasteiger partial charge in [-0.3, -0.25) is 9.89 Å². The molecule has 0 aliphatic heterocycles. The monoisotopic (exact) mass is 485 g/mol. The van der Waals surface area contributed by atoms with Crippen LogP contribution in [0.25, 0.3) is 22.2 Å². The van der Waals surface area contributed by atoms with E-state index in [0.29, 0.717) is 33.5 Å². The second kappa shape index (κ2) is 9.77. The number of nitrogens with one attached hydrogen (secondary N) is 2. The maximum Gasteiger partial charge on any atom is 0.471 e. The molecule has 182 valence electrons. The van der Waals surface area contributed by atoms with Crippen LogP contribution in [0.1, 0.15) is 31.1 Å². The van der Waals surface area contributed by atoms with Crippen LogP contribution < -0.4 is 10.1 Å². The van der Waals surface area contributed by atoms with Crippen molar-refractivity contribution in [2.75, 3.05) is 0 Å². The number of ether oxygens (including phenoxy) is 1. The summed E-state index contributed by atoms with van der Waals surface area (Å²) in [5, 5.41) is 9.91. The number of alkyl halides is 3. The number of halogens is 4. The highest BCUT2D eigenvalue weighted by atomic mass is 19.4. The first-order chi connectivity index (χ1) is 16.7. The summed E-state index contributed by atoms with van der Waals surface area (Å²) in [5.74, 6) is -2.03. The van der Waals surface area contributed by atoms with Crippen molar-refractivity contribution in [3.8, 4) is 17.0 Å². The molecule has 35 heavy (non-hydrogen) atoms. The Morgan fingerprint density at radius 1 is 1.06 bits per heavy atom. The second-order valence-corrected chi connectivity index (χ2v) is 8.18. The van der Waals surface area contributed by atoms with Crippen LogP contribution in [0.5, 0.6) is 5.75 Å². The number of carbonyl (C=O) groups excluding carboxylic acids is 1. The van der Waals surface area contributed by atoms with E-state index >= 15 is 0 Å². The van der Waals surface area contributed by atoms with Crippen LogP contribution in [0.15, 0.2) is 66.7 Å². The fraction of sp³-hybridized carbons (Fsp3) is 0.231. The minimum atomic E-state index is -5.01. The third-order valence-corrected chi connectivity index (χ3v) is 5.70. The number of benzene rings is 3. The molecule has 0 aliphatic rings. The van der Waals surface area contributed by atoms with Crippen LogP contribution in [-0.4, -0.2) is 28.3 Å². The second-order valence-electron chi connectivity index (χ2n) is 8.18. The minimum absolute atomic E-state index is 0.371. The van der Waals surface area contributed by atoms with Crippen molar-refractivity contribution in [2.24, 2.45) is 0 Å². The highest BCUT2D eigenvalue weighted by Crippen LogP contribution is 2.32. The number of aromatic nitrogens is 2. The van der Waals surface area contributed by atoms with E-state index in [9.17, 15) is 22.4 Å². The van der Waals surface area contributed by atoms with Gasteiger partial charge < -0.3 is 10.1 Å². The Bertz CT molecular complexity index is 1320. The van der Waals surface area contributed by atoms with Crippen molar-refractivity contribution in [1.82, 2.24) is 15.5 Å². The number of hydrogen-bond acceptors (Lipinski definition) is 3. The third-order valence-electron chi connectivity index (χ3n) is 5.70. The van der Waals surface area contributed by atoms with Gasteiger partial charge in [-0.2, -0.15) is 18.3 Å². The van der Waals surface area contributed by atoms with Crippen molar-refractivity contribution in [3.05, 3.63) is 83.7 Å². The summed E-state index contributed by atoms with van der Waals surface area (Å²) in [7, 11) is 0. The molecule has 4 aromatic rings. The number of hydrogen-bond donors (Lipinski definition) is 2. The van der Waals surface area contributed by atoms with Gasteiger partial charge in [0.25, 0.3) is 0 Å².